The molecule has 0 fully saturated rings. The zero-order valence-corrected chi connectivity index (χ0v) is 12.2. The first-order chi connectivity index (χ1) is 8.51. The summed E-state index contributed by atoms with van der Waals surface area (Å²) in [6, 6.07) is 3.31. The van der Waals surface area contributed by atoms with Crippen LogP contribution >= 0.6 is 11.8 Å². The van der Waals surface area contributed by atoms with Gasteiger partial charge in [-0.2, -0.15) is 11.8 Å². The Hall–Kier alpha value is -1.10. The summed E-state index contributed by atoms with van der Waals surface area (Å²) in [5.74, 6) is 0.885. The van der Waals surface area contributed by atoms with Crippen LogP contribution in [-0.2, 0) is 0 Å². The normalized spacial score (nSPS) is 12.3. The fraction of sp³-hybridized carbons (Fsp3) is 0.538. The Morgan fingerprint density at radius 1 is 1.50 bits per heavy atom. The zero-order valence-electron chi connectivity index (χ0n) is 11.4. The van der Waals surface area contributed by atoms with E-state index in [-0.39, 0.29) is 5.75 Å². The van der Waals surface area contributed by atoms with E-state index in [1.165, 1.54) is 13.2 Å². The molecule has 0 saturated carbocycles. The van der Waals surface area contributed by atoms with Crippen LogP contribution in [0.4, 0.5) is 15.8 Å². The molecular formula is C13H21FN2OS. The molecule has 0 aromatic heterocycles. The van der Waals surface area contributed by atoms with Crippen molar-refractivity contribution in [3.05, 3.63) is 17.9 Å². The highest BCUT2D eigenvalue weighted by Crippen LogP contribution is 2.31. The van der Waals surface area contributed by atoms with Gasteiger partial charge in [0.2, 0.25) is 0 Å². The molecule has 5 heteroatoms. The maximum atomic E-state index is 13.5. The van der Waals surface area contributed by atoms with Crippen molar-refractivity contribution in [3.63, 3.8) is 0 Å². The van der Waals surface area contributed by atoms with Crippen LogP contribution in [0.5, 0.6) is 5.75 Å². The minimum atomic E-state index is -0.427. The first-order valence-corrected chi connectivity index (χ1v) is 7.25. The Morgan fingerprint density at radius 2 is 2.17 bits per heavy atom. The maximum Gasteiger partial charge on any atom is 0.167 e. The third-order valence-corrected chi connectivity index (χ3v) is 3.73. The second-order valence-electron chi connectivity index (χ2n) is 4.29. The highest BCUT2D eigenvalue weighted by Gasteiger charge is 2.15. The van der Waals surface area contributed by atoms with Gasteiger partial charge < -0.3 is 15.4 Å². The number of thioether (sulfide) groups is 1. The van der Waals surface area contributed by atoms with Gasteiger partial charge in [0.25, 0.3) is 0 Å². The smallest absolute Gasteiger partial charge is 0.167 e. The third kappa shape index (κ3) is 3.45. The van der Waals surface area contributed by atoms with E-state index >= 15 is 0 Å². The molecule has 0 aliphatic carbocycles. The zero-order chi connectivity index (χ0) is 13.7. The quantitative estimate of drug-likeness (QED) is 0.808. The monoisotopic (exact) mass is 272 g/mol. The van der Waals surface area contributed by atoms with Gasteiger partial charge in [0.05, 0.1) is 18.5 Å². The number of nitrogens with zero attached hydrogens (tertiary/aromatic N) is 1. The van der Waals surface area contributed by atoms with E-state index < -0.39 is 5.82 Å². The van der Waals surface area contributed by atoms with E-state index in [0.717, 1.165) is 17.9 Å². The summed E-state index contributed by atoms with van der Waals surface area (Å²) >= 11 is 1.81. The lowest BCUT2D eigenvalue weighted by Crippen LogP contribution is -2.30. The lowest BCUT2D eigenvalue weighted by Gasteiger charge is -2.28. The van der Waals surface area contributed by atoms with Crippen molar-refractivity contribution in [2.75, 3.05) is 36.8 Å². The Bertz CT molecular complexity index is 401. The minimum Gasteiger partial charge on any atom is -0.494 e. The summed E-state index contributed by atoms with van der Waals surface area (Å²) in [5.41, 5.74) is 7.11. The number of hydrogen-bond donors (Lipinski definition) is 1. The van der Waals surface area contributed by atoms with E-state index in [0.29, 0.717) is 11.7 Å². The van der Waals surface area contributed by atoms with Gasteiger partial charge in [-0.3, -0.25) is 0 Å². The van der Waals surface area contributed by atoms with Crippen LogP contribution in [-0.4, -0.2) is 32.2 Å². The van der Waals surface area contributed by atoms with Crippen LogP contribution in [0.25, 0.3) is 0 Å². The number of nitrogen functional groups attached to an aromatic ring is 1. The predicted molar refractivity (Wildman–Crippen MR) is 78.2 cm³/mol. The summed E-state index contributed by atoms with van der Waals surface area (Å²) in [4.78, 5) is 2.06. The number of benzene rings is 1. The largest absolute Gasteiger partial charge is 0.494 e. The molecule has 1 aromatic carbocycles. The maximum absolute atomic E-state index is 13.5. The van der Waals surface area contributed by atoms with Crippen molar-refractivity contribution in [3.8, 4) is 5.75 Å². The molecule has 0 saturated heterocycles. The van der Waals surface area contributed by atoms with Crippen LogP contribution in [0.2, 0.25) is 0 Å². The Balaban J connectivity index is 2.94. The van der Waals surface area contributed by atoms with Gasteiger partial charge in [-0.1, -0.05) is 0 Å². The number of methoxy groups -OCH3 is 1. The van der Waals surface area contributed by atoms with Gasteiger partial charge >= 0.3 is 0 Å². The molecule has 0 radical (unpaired) electrons. The van der Waals surface area contributed by atoms with Gasteiger partial charge in [0.15, 0.2) is 11.6 Å². The van der Waals surface area contributed by atoms with Crippen LogP contribution in [0.15, 0.2) is 12.1 Å². The van der Waals surface area contributed by atoms with Crippen molar-refractivity contribution < 1.29 is 9.13 Å². The average Bonchev–Trinajstić information content (AvgIpc) is 2.35. The number of nitrogens with two attached hydrogens (primary N) is 1. The van der Waals surface area contributed by atoms with Crippen LogP contribution < -0.4 is 15.4 Å². The number of rotatable bonds is 6. The second kappa shape index (κ2) is 6.73. The summed E-state index contributed by atoms with van der Waals surface area (Å²) in [6.45, 7) is 2.13. The van der Waals surface area contributed by atoms with Crippen molar-refractivity contribution in [1.29, 1.82) is 0 Å². The van der Waals surface area contributed by atoms with Crippen molar-refractivity contribution in [2.24, 2.45) is 0 Å². The van der Waals surface area contributed by atoms with E-state index in [1.807, 2.05) is 18.8 Å². The van der Waals surface area contributed by atoms with E-state index in [4.69, 9.17) is 10.5 Å². The second-order valence-corrected chi connectivity index (χ2v) is 5.27. The summed E-state index contributed by atoms with van der Waals surface area (Å²) < 4.78 is 18.5. The molecule has 0 aliphatic heterocycles. The van der Waals surface area contributed by atoms with E-state index in [9.17, 15) is 4.39 Å². The molecule has 0 aliphatic rings. The van der Waals surface area contributed by atoms with Crippen molar-refractivity contribution in [2.45, 2.75) is 19.4 Å². The molecule has 1 aromatic rings. The van der Waals surface area contributed by atoms with Gasteiger partial charge in [0.1, 0.15) is 0 Å². The fourth-order valence-corrected chi connectivity index (χ4v) is 2.32. The molecule has 102 valence electrons. The third-order valence-electron chi connectivity index (χ3n) is 3.08. The standard InChI is InChI=1S/C13H21FN2OS/c1-9(5-6-18-4)16(2)12-8-13(17-3)10(14)7-11(12)15/h7-9H,5-6,15H2,1-4H3. The fourth-order valence-electron chi connectivity index (χ4n) is 1.74. The Labute approximate surface area is 112 Å². The van der Waals surface area contributed by atoms with E-state index in [2.05, 4.69) is 18.1 Å². The summed E-state index contributed by atoms with van der Waals surface area (Å²) in [5, 5.41) is 0. The molecule has 0 heterocycles. The van der Waals surface area contributed by atoms with Crippen LogP contribution in [0, 0.1) is 5.82 Å². The molecule has 0 bridgehead atoms. The lowest BCUT2D eigenvalue weighted by molar-refractivity contribution is 0.386. The number of halogens is 1. The number of anilines is 2. The number of ether oxygens (including phenoxy) is 1. The average molecular weight is 272 g/mol. The van der Waals surface area contributed by atoms with Gasteiger partial charge in [-0.25, -0.2) is 4.39 Å². The van der Waals surface area contributed by atoms with Crippen molar-refractivity contribution in [1.82, 2.24) is 0 Å². The molecule has 1 unspecified atom stereocenters. The highest BCUT2D eigenvalue weighted by molar-refractivity contribution is 7.98. The minimum absolute atomic E-state index is 0.225. The lowest BCUT2D eigenvalue weighted by atomic mass is 10.1. The summed E-state index contributed by atoms with van der Waals surface area (Å²) in [6.07, 6.45) is 3.14. The first-order valence-electron chi connectivity index (χ1n) is 5.86. The van der Waals surface area contributed by atoms with Crippen LogP contribution in [0.3, 0.4) is 0 Å². The summed E-state index contributed by atoms with van der Waals surface area (Å²) in [7, 11) is 3.42. The Morgan fingerprint density at radius 3 is 2.72 bits per heavy atom. The topological polar surface area (TPSA) is 38.5 Å². The number of hydrogen-bond acceptors (Lipinski definition) is 4. The molecule has 18 heavy (non-hydrogen) atoms. The van der Waals surface area contributed by atoms with Crippen molar-refractivity contribution >= 4 is 23.1 Å². The predicted octanol–water partition coefficient (Wildman–Crippen LogP) is 2.99. The van der Waals surface area contributed by atoms with Gasteiger partial charge in [-0.05, 0) is 25.4 Å². The molecule has 0 spiro atoms. The molecular weight excluding hydrogens is 251 g/mol. The SMILES string of the molecule is COc1cc(N(C)C(C)CCSC)c(N)cc1F. The van der Waals surface area contributed by atoms with E-state index in [1.54, 1.807) is 6.07 Å². The van der Waals surface area contributed by atoms with Gasteiger partial charge in [0, 0.05) is 25.2 Å². The Kier molecular flexibility index (Phi) is 5.59. The highest BCUT2D eigenvalue weighted by atomic mass is 32.2. The van der Waals surface area contributed by atoms with Gasteiger partial charge in [-0.15, -0.1) is 0 Å². The first kappa shape index (κ1) is 15.0. The molecule has 2 N–H and O–H groups in total. The molecule has 1 rings (SSSR count). The molecule has 3 nitrogen and oxygen atoms in total. The van der Waals surface area contributed by atoms with Crippen LogP contribution in [0.1, 0.15) is 13.3 Å². The molecule has 1 atom stereocenters. The molecule has 0 amide bonds.